The van der Waals surface area contributed by atoms with Crippen LogP contribution in [0.3, 0.4) is 0 Å². The number of rotatable bonds is 5. The van der Waals surface area contributed by atoms with Crippen LogP contribution in [0.25, 0.3) is 0 Å². The molecule has 0 radical (unpaired) electrons. The lowest BCUT2D eigenvalue weighted by atomic mass is 10.2. The SMILES string of the molecule is CCC(C)NC(=NC)NCc1ccc(OC)c(Br)c1.I. The number of hydrogen-bond donors (Lipinski definition) is 2. The fourth-order valence-electron chi connectivity index (χ4n) is 1.54. The summed E-state index contributed by atoms with van der Waals surface area (Å²) in [6, 6.07) is 6.44. The first-order chi connectivity index (χ1) is 9.10. The molecule has 1 aromatic carbocycles. The zero-order valence-electron chi connectivity index (χ0n) is 12.4. The summed E-state index contributed by atoms with van der Waals surface area (Å²) in [6.45, 7) is 5.00. The van der Waals surface area contributed by atoms with E-state index in [1.807, 2.05) is 18.2 Å². The monoisotopic (exact) mass is 455 g/mol. The molecule has 0 aliphatic carbocycles. The van der Waals surface area contributed by atoms with Crippen molar-refractivity contribution in [2.24, 2.45) is 4.99 Å². The maximum absolute atomic E-state index is 5.21. The Hall–Kier alpha value is -0.500. The predicted octanol–water partition coefficient (Wildman–Crippen LogP) is 3.54. The summed E-state index contributed by atoms with van der Waals surface area (Å²) in [6.07, 6.45) is 1.06. The Morgan fingerprint density at radius 1 is 1.45 bits per heavy atom. The maximum atomic E-state index is 5.21. The molecule has 0 amide bonds. The number of methoxy groups -OCH3 is 1. The quantitative estimate of drug-likeness (QED) is 0.405. The van der Waals surface area contributed by atoms with Gasteiger partial charge in [0.1, 0.15) is 5.75 Å². The summed E-state index contributed by atoms with van der Waals surface area (Å²) in [5.41, 5.74) is 1.17. The largest absolute Gasteiger partial charge is 0.496 e. The number of ether oxygens (including phenoxy) is 1. The van der Waals surface area contributed by atoms with Crippen molar-refractivity contribution in [3.8, 4) is 5.75 Å². The van der Waals surface area contributed by atoms with Gasteiger partial charge < -0.3 is 15.4 Å². The molecule has 1 aromatic rings. The van der Waals surface area contributed by atoms with Crippen LogP contribution in [0, 0.1) is 0 Å². The second-order valence-corrected chi connectivity index (χ2v) is 5.20. The van der Waals surface area contributed by atoms with Gasteiger partial charge in [0, 0.05) is 19.6 Å². The molecule has 1 atom stereocenters. The summed E-state index contributed by atoms with van der Waals surface area (Å²) in [4.78, 5) is 4.21. The maximum Gasteiger partial charge on any atom is 0.191 e. The Bertz CT molecular complexity index is 440. The third kappa shape index (κ3) is 6.30. The van der Waals surface area contributed by atoms with Gasteiger partial charge in [-0.1, -0.05) is 13.0 Å². The Kier molecular flexibility index (Phi) is 10.0. The number of hydrogen-bond acceptors (Lipinski definition) is 2. The number of benzene rings is 1. The van der Waals surface area contributed by atoms with Crippen molar-refractivity contribution in [3.63, 3.8) is 0 Å². The van der Waals surface area contributed by atoms with E-state index in [0.29, 0.717) is 6.04 Å². The van der Waals surface area contributed by atoms with Gasteiger partial charge in [-0.05, 0) is 47.0 Å². The van der Waals surface area contributed by atoms with Gasteiger partial charge in [-0.25, -0.2) is 0 Å². The van der Waals surface area contributed by atoms with Crippen LogP contribution in [0.4, 0.5) is 0 Å². The van der Waals surface area contributed by atoms with Crippen LogP contribution in [-0.2, 0) is 6.54 Å². The summed E-state index contributed by atoms with van der Waals surface area (Å²) in [5.74, 6) is 1.66. The molecular weight excluding hydrogens is 433 g/mol. The molecule has 2 N–H and O–H groups in total. The van der Waals surface area contributed by atoms with Crippen molar-refractivity contribution >= 4 is 45.9 Å². The van der Waals surface area contributed by atoms with Crippen LogP contribution in [0.1, 0.15) is 25.8 Å². The topological polar surface area (TPSA) is 45.7 Å². The van der Waals surface area contributed by atoms with Crippen LogP contribution in [-0.4, -0.2) is 26.2 Å². The molecule has 0 saturated heterocycles. The van der Waals surface area contributed by atoms with E-state index < -0.39 is 0 Å². The Morgan fingerprint density at radius 3 is 2.65 bits per heavy atom. The minimum absolute atomic E-state index is 0. The van der Waals surface area contributed by atoms with E-state index in [-0.39, 0.29) is 24.0 Å². The average molecular weight is 456 g/mol. The van der Waals surface area contributed by atoms with E-state index in [1.54, 1.807) is 14.2 Å². The highest BCUT2D eigenvalue weighted by Gasteiger charge is 2.04. The molecule has 0 bridgehead atoms. The van der Waals surface area contributed by atoms with Crippen molar-refractivity contribution in [2.45, 2.75) is 32.9 Å². The molecule has 6 heteroatoms. The number of guanidine groups is 1. The van der Waals surface area contributed by atoms with Crippen LogP contribution < -0.4 is 15.4 Å². The normalized spacial score (nSPS) is 12.3. The first-order valence-electron chi connectivity index (χ1n) is 6.40. The molecular formula is C14H23BrIN3O. The highest BCUT2D eigenvalue weighted by atomic mass is 127. The first kappa shape index (κ1) is 19.5. The number of nitrogens with one attached hydrogen (secondary N) is 2. The molecule has 0 aromatic heterocycles. The minimum atomic E-state index is 0. The summed E-state index contributed by atoms with van der Waals surface area (Å²) in [5, 5.41) is 6.62. The molecule has 114 valence electrons. The lowest BCUT2D eigenvalue weighted by molar-refractivity contribution is 0.412. The summed E-state index contributed by atoms with van der Waals surface area (Å²) in [7, 11) is 3.44. The molecule has 0 aliphatic heterocycles. The van der Waals surface area contributed by atoms with Crippen molar-refractivity contribution in [3.05, 3.63) is 28.2 Å². The highest BCUT2D eigenvalue weighted by molar-refractivity contribution is 14.0. The van der Waals surface area contributed by atoms with E-state index in [1.165, 1.54) is 5.56 Å². The standard InChI is InChI=1S/C14H22BrN3O.HI/c1-5-10(2)18-14(16-3)17-9-11-6-7-13(19-4)12(15)8-11;/h6-8,10H,5,9H2,1-4H3,(H2,16,17,18);1H. The average Bonchev–Trinajstić information content (AvgIpc) is 2.43. The van der Waals surface area contributed by atoms with Crippen LogP contribution >= 0.6 is 39.9 Å². The molecule has 20 heavy (non-hydrogen) atoms. The van der Waals surface area contributed by atoms with Gasteiger partial charge in [0.25, 0.3) is 0 Å². The Morgan fingerprint density at radius 2 is 2.15 bits per heavy atom. The van der Waals surface area contributed by atoms with Crippen LogP contribution in [0.5, 0.6) is 5.75 Å². The zero-order valence-corrected chi connectivity index (χ0v) is 16.3. The molecule has 0 spiro atoms. The van der Waals surface area contributed by atoms with Crippen molar-refractivity contribution in [1.29, 1.82) is 0 Å². The van der Waals surface area contributed by atoms with Crippen molar-refractivity contribution < 1.29 is 4.74 Å². The van der Waals surface area contributed by atoms with Gasteiger partial charge >= 0.3 is 0 Å². The number of nitrogens with zero attached hydrogens (tertiary/aromatic N) is 1. The second kappa shape index (κ2) is 10.3. The lowest BCUT2D eigenvalue weighted by Crippen LogP contribution is -2.41. The van der Waals surface area contributed by atoms with Gasteiger partial charge in [0.2, 0.25) is 0 Å². The summed E-state index contributed by atoms with van der Waals surface area (Å²) < 4.78 is 6.17. The van der Waals surface area contributed by atoms with Crippen molar-refractivity contribution in [1.82, 2.24) is 10.6 Å². The van der Waals surface area contributed by atoms with E-state index >= 15 is 0 Å². The Labute approximate surface area is 146 Å². The predicted molar refractivity (Wildman–Crippen MR) is 99.2 cm³/mol. The molecule has 1 rings (SSSR count). The second-order valence-electron chi connectivity index (χ2n) is 4.35. The smallest absolute Gasteiger partial charge is 0.191 e. The van der Waals surface area contributed by atoms with Crippen molar-refractivity contribution in [2.75, 3.05) is 14.2 Å². The highest BCUT2D eigenvalue weighted by Crippen LogP contribution is 2.25. The van der Waals surface area contributed by atoms with Gasteiger partial charge in [0.15, 0.2) is 5.96 Å². The minimum Gasteiger partial charge on any atom is -0.496 e. The zero-order chi connectivity index (χ0) is 14.3. The molecule has 1 unspecified atom stereocenters. The van der Waals surface area contributed by atoms with E-state index in [0.717, 1.165) is 29.1 Å². The third-order valence-corrected chi connectivity index (χ3v) is 3.51. The fourth-order valence-corrected chi connectivity index (χ4v) is 2.12. The fraction of sp³-hybridized carbons (Fsp3) is 0.500. The summed E-state index contributed by atoms with van der Waals surface area (Å²) >= 11 is 3.48. The van der Waals surface area contributed by atoms with Crippen LogP contribution in [0.2, 0.25) is 0 Å². The van der Waals surface area contributed by atoms with E-state index in [2.05, 4.69) is 45.4 Å². The molecule has 4 nitrogen and oxygen atoms in total. The van der Waals surface area contributed by atoms with Crippen LogP contribution in [0.15, 0.2) is 27.7 Å². The first-order valence-corrected chi connectivity index (χ1v) is 7.19. The van der Waals surface area contributed by atoms with Gasteiger partial charge in [-0.3, -0.25) is 4.99 Å². The molecule has 0 saturated carbocycles. The third-order valence-electron chi connectivity index (χ3n) is 2.90. The number of halogens is 2. The van der Waals surface area contributed by atoms with Gasteiger partial charge in [-0.2, -0.15) is 0 Å². The number of aliphatic imine (C=N–C) groups is 1. The van der Waals surface area contributed by atoms with E-state index in [9.17, 15) is 0 Å². The molecule has 0 fully saturated rings. The van der Waals surface area contributed by atoms with E-state index in [4.69, 9.17) is 4.74 Å². The van der Waals surface area contributed by atoms with Gasteiger partial charge in [-0.15, -0.1) is 24.0 Å². The molecule has 0 aliphatic rings. The van der Waals surface area contributed by atoms with Gasteiger partial charge in [0.05, 0.1) is 11.6 Å². The molecule has 0 heterocycles. The Balaban J connectivity index is 0.00000361. The lowest BCUT2D eigenvalue weighted by Gasteiger charge is -2.16.